The molecule has 0 saturated carbocycles. The highest BCUT2D eigenvalue weighted by Gasteiger charge is 2.38. The Balaban J connectivity index is 2.21. The fourth-order valence-electron chi connectivity index (χ4n) is 1.82. The van der Waals surface area contributed by atoms with Crippen LogP contribution in [-0.4, -0.2) is 45.6 Å². The third kappa shape index (κ3) is 3.30. The zero-order valence-electron chi connectivity index (χ0n) is 9.65. The van der Waals surface area contributed by atoms with Crippen LogP contribution in [0.5, 0.6) is 0 Å². The van der Waals surface area contributed by atoms with Gasteiger partial charge in [-0.1, -0.05) is 0 Å². The number of hydrogen-bond donors (Lipinski definition) is 2. The highest BCUT2D eigenvalue weighted by Crippen LogP contribution is 2.16. The van der Waals surface area contributed by atoms with Crippen molar-refractivity contribution in [1.29, 1.82) is 0 Å². The molecular weight excluding hydrogens is 297 g/mol. The van der Waals surface area contributed by atoms with Crippen LogP contribution in [0.15, 0.2) is 29.2 Å². The molecule has 1 heterocycles. The normalized spacial score (nSPS) is 26.4. The Morgan fingerprint density at radius 3 is 2.26 bits per heavy atom. The lowest BCUT2D eigenvalue weighted by atomic mass is 10.2. The van der Waals surface area contributed by atoms with Crippen molar-refractivity contribution in [1.82, 2.24) is 4.72 Å². The molecule has 0 aromatic heterocycles. The van der Waals surface area contributed by atoms with E-state index in [-0.39, 0.29) is 4.90 Å². The van der Waals surface area contributed by atoms with E-state index in [1.165, 1.54) is 0 Å². The van der Waals surface area contributed by atoms with Crippen LogP contribution in [0, 0.1) is 5.82 Å². The van der Waals surface area contributed by atoms with Crippen molar-refractivity contribution in [3.05, 3.63) is 30.1 Å². The van der Waals surface area contributed by atoms with E-state index in [1.54, 1.807) is 0 Å². The first-order valence-corrected chi connectivity index (χ1v) is 8.66. The van der Waals surface area contributed by atoms with Gasteiger partial charge < -0.3 is 5.11 Å². The quantitative estimate of drug-likeness (QED) is 0.766. The van der Waals surface area contributed by atoms with E-state index in [0.717, 1.165) is 24.3 Å². The molecule has 19 heavy (non-hydrogen) atoms. The van der Waals surface area contributed by atoms with E-state index >= 15 is 0 Å². The summed E-state index contributed by atoms with van der Waals surface area (Å²) in [6.07, 6.45) is -1.28. The van der Waals surface area contributed by atoms with E-state index in [2.05, 4.69) is 4.72 Å². The second kappa shape index (κ2) is 4.82. The predicted molar refractivity (Wildman–Crippen MR) is 65.2 cm³/mol. The first-order valence-electron chi connectivity index (χ1n) is 5.36. The summed E-state index contributed by atoms with van der Waals surface area (Å²) in [7, 11) is -7.43. The monoisotopic (exact) mass is 309 g/mol. The first kappa shape index (κ1) is 14.4. The first-order chi connectivity index (χ1) is 8.70. The molecule has 1 fully saturated rings. The maximum Gasteiger partial charge on any atom is 0.240 e. The van der Waals surface area contributed by atoms with Crippen molar-refractivity contribution in [2.24, 2.45) is 0 Å². The van der Waals surface area contributed by atoms with Crippen molar-refractivity contribution < 1.29 is 26.3 Å². The van der Waals surface area contributed by atoms with Gasteiger partial charge in [-0.3, -0.25) is 0 Å². The smallest absolute Gasteiger partial charge is 0.240 e. The summed E-state index contributed by atoms with van der Waals surface area (Å²) in [5.74, 6) is -1.50. The Morgan fingerprint density at radius 1 is 1.21 bits per heavy atom. The standard InChI is InChI=1S/C10H12FNO5S2/c11-7-1-3-8(4-2-7)19(16,17)12-9-5-18(14,15)6-10(9)13/h1-4,9-10,12-13H,5-6H2/t9-,10-/m1/s1. The summed E-state index contributed by atoms with van der Waals surface area (Å²) in [6.45, 7) is 0. The number of aliphatic hydroxyl groups is 1. The topological polar surface area (TPSA) is 101 Å². The molecule has 1 aliphatic rings. The van der Waals surface area contributed by atoms with Gasteiger partial charge in [0.25, 0.3) is 0 Å². The summed E-state index contributed by atoms with van der Waals surface area (Å²) >= 11 is 0. The summed E-state index contributed by atoms with van der Waals surface area (Å²) in [5, 5.41) is 9.51. The third-order valence-electron chi connectivity index (χ3n) is 2.75. The van der Waals surface area contributed by atoms with Gasteiger partial charge in [-0.05, 0) is 24.3 Å². The predicted octanol–water partition coefficient (Wildman–Crippen LogP) is -0.738. The molecule has 0 unspecified atom stereocenters. The molecule has 9 heteroatoms. The second-order valence-electron chi connectivity index (χ2n) is 4.33. The van der Waals surface area contributed by atoms with Crippen molar-refractivity contribution in [3.8, 4) is 0 Å². The van der Waals surface area contributed by atoms with Crippen LogP contribution in [0.2, 0.25) is 0 Å². The lowest BCUT2D eigenvalue weighted by molar-refractivity contribution is 0.176. The second-order valence-corrected chi connectivity index (χ2v) is 8.19. The van der Waals surface area contributed by atoms with E-state index in [1.807, 2.05) is 0 Å². The molecule has 2 N–H and O–H groups in total. The average molecular weight is 309 g/mol. The van der Waals surface area contributed by atoms with Crippen LogP contribution in [0.1, 0.15) is 0 Å². The Bertz CT molecular complexity index is 668. The minimum absolute atomic E-state index is 0.189. The van der Waals surface area contributed by atoms with E-state index in [4.69, 9.17) is 0 Å². The molecule has 1 aliphatic heterocycles. The Morgan fingerprint density at radius 2 is 1.79 bits per heavy atom. The Labute approximate surface area is 110 Å². The summed E-state index contributed by atoms with van der Waals surface area (Å²) in [4.78, 5) is -0.189. The van der Waals surface area contributed by atoms with Gasteiger partial charge in [-0.2, -0.15) is 0 Å². The van der Waals surface area contributed by atoms with E-state index < -0.39 is 49.3 Å². The molecule has 2 rings (SSSR count). The van der Waals surface area contributed by atoms with Crippen molar-refractivity contribution in [2.75, 3.05) is 11.5 Å². The minimum Gasteiger partial charge on any atom is -0.390 e. The fourth-order valence-corrected chi connectivity index (χ4v) is 4.94. The highest BCUT2D eigenvalue weighted by molar-refractivity contribution is 7.92. The summed E-state index contributed by atoms with van der Waals surface area (Å²) in [5.41, 5.74) is 0. The van der Waals surface area contributed by atoms with Crippen LogP contribution in [0.4, 0.5) is 4.39 Å². The maximum atomic E-state index is 12.7. The van der Waals surface area contributed by atoms with E-state index in [0.29, 0.717) is 0 Å². The molecular formula is C10H12FNO5S2. The number of aliphatic hydroxyl groups excluding tert-OH is 1. The molecule has 0 bridgehead atoms. The van der Waals surface area contributed by atoms with Crippen LogP contribution in [0.3, 0.4) is 0 Å². The van der Waals surface area contributed by atoms with Crippen molar-refractivity contribution in [2.45, 2.75) is 17.0 Å². The molecule has 0 radical (unpaired) electrons. The number of hydrogen-bond acceptors (Lipinski definition) is 5. The third-order valence-corrected chi connectivity index (χ3v) is 5.98. The maximum absolute atomic E-state index is 12.7. The summed E-state index contributed by atoms with van der Waals surface area (Å²) in [6, 6.07) is 3.01. The zero-order valence-corrected chi connectivity index (χ0v) is 11.3. The van der Waals surface area contributed by atoms with Crippen LogP contribution < -0.4 is 4.72 Å². The minimum atomic E-state index is -3.98. The van der Waals surface area contributed by atoms with Gasteiger partial charge in [0.05, 0.1) is 28.5 Å². The summed E-state index contributed by atoms with van der Waals surface area (Å²) < 4.78 is 61.2. The molecule has 106 valence electrons. The molecule has 0 amide bonds. The van der Waals surface area contributed by atoms with Crippen molar-refractivity contribution in [3.63, 3.8) is 0 Å². The molecule has 1 aromatic rings. The largest absolute Gasteiger partial charge is 0.390 e. The van der Waals surface area contributed by atoms with Crippen LogP contribution >= 0.6 is 0 Å². The molecule has 6 nitrogen and oxygen atoms in total. The van der Waals surface area contributed by atoms with Gasteiger partial charge >= 0.3 is 0 Å². The number of rotatable bonds is 3. The average Bonchev–Trinajstić information content (AvgIpc) is 2.51. The number of halogens is 1. The molecule has 0 aliphatic carbocycles. The van der Waals surface area contributed by atoms with Gasteiger partial charge in [0.1, 0.15) is 5.82 Å². The van der Waals surface area contributed by atoms with E-state index in [9.17, 15) is 26.3 Å². The van der Waals surface area contributed by atoms with Crippen LogP contribution in [-0.2, 0) is 19.9 Å². The fraction of sp³-hybridized carbons (Fsp3) is 0.400. The van der Waals surface area contributed by atoms with Gasteiger partial charge in [0.2, 0.25) is 10.0 Å². The SMILES string of the molecule is O=S1(=O)C[C@@H](O)[C@H](NS(=O)(=O)c2ccc(F)cc2)C1. The lowest BCUT2D eigenvalue weighted by Crippen LogP contribution is -2.42. The van der Waals surface area contributed by atoms with Gasteiger partial charge in [-0.15, -0.1) is 0 Å². The van der Waals surface area contributed by atoms with Crippen LogP contribution in [0.25, 0.3) is 0 Å². The van der Waals surface area contributed by atoms with Crippen molar-refractivity contribution >= 4 is 19.9 Å². The molecule has 2 atom stereocenters. The lowest BCUT2D eigenvalue weighted by Gasteiger charge is -2.15. The number of sulfone groups is 1. The highest BCUT2D eigenvalue weighted by atomic mass is 32.2. The Kier molecular flexibility index (Phi) is 3.65. The number of benzene rings is 1. The molecule has 0 spiro atoms. The number of nitrogens with one attached hydrogen (secondary N) is 1. The van der Waals surface area contributed by atoms with Gasteiger partial charge in [-0.25, -0.2) is 25.9 Å². The number of sulfonamides is 1. The van der Waals surface area contributed by atoms with Gasteiger partial charge in [0, 0.05) is 0 Å². The zero-order chi connectivity index (χ0) is 14.3. The molecule has 1 aromatic carbocycles. The van der Waals surface area contributed by atoms with Gasteiger partial charge in [0.15, 0.2) is 9.84 Å². The molecule has 1 saturated heterocycles. The Hall–Kier alpha value is -1.03.